The van der Waals surface area contributed by atoms with Crippen LogP contribution in [0.1, 0.15) is 37.7 Å². The number of rotatable bonds is 4. The summed E-state index contributed by atoms with van der Waals surface area (Å²) in [6, 6.07) is 10.4. The zero-order chi connectivity index (χ0) is 14.7. The highest BCUT2D eigenvalue weighted by molar-refractivity contribution is 5.89. The highest BCUT2D eigenvalue weighted by atomic mass is 35.5. The fourth-order valence-electron chi connectivity index (χ4n) is 3.85. The molecule has 22 heavy (non-hydrogen) atoms. The SMILES string of the molecule is CNCC1CCN(C(=O)C2(c3ccccc3)CCC2)CC1.Cl. The molecule has 1 aliphatic carbocycles. The van der Waals surface area contributed by atoms with E-state index >= 15 is 0 Å². The molecule has 0 radical (unpaired) electrons. The van der Waals surface area contributed by atoms with E-state index in [0.717, 1.165) is 51.2 Å². The van der Waals surface area contributed by atoms with Crippen molar-refractivity contribution in [1.82, 2.24) is 10.2 Å². The summed E-state index contributed by atoms with van der Waals surface area (Å²) in [7, 11) is 2.01. The van der Waals surface area contributed by atoms with Gasteiger partial charge in [0.25, 0.3) is 0 Å². The molecule has 2 aliphatic rings. The van der Waals surface area contributed by atoms with Crippen molar-refractivity contribution in [3.63, 3.8) is 0 Å². The number of carbonyl (C=O) groups excluding carboxylic acids is 1. The van der Waals surface area contributed by atoms with Gasteiger partial charge in [-0.1, -0.05) is 36.8 Å². The number of nitrogens with one attached hydrogen (secondary N) is 1. The molecule has 0 atom stereocenters. The molecule has 1 aromatic carbocycles. The van der Waals surface area contributed by atoms with Gasteiger partial charge in [0.05, 0.1) is 5.41 Å². The fourth-order valence-corrected chi connectivity index (χ4v) is 3.85. The second kappa shape index (κ2) is 7.47. The summed E-state index contributed by atoms with van der Waals surface area (Å²) in [4.78, 5) is 15.2. The van der Waals surface area contributed by atoms with Crippen LogP contribution in [0.5, 0.6) is 0 Å². The van der Waals surface area contributed by atoms with Crippen molar-refractivity contribution in [2.24, 2.45) is 5.92 Å². The van der Waals surface area contributed by atoms with Gasteiger partial charge in [-0.25, -0.2) is 0 Å². The summed E-state index contributed by atoms with van der Waals surface area (Å²) >= 11 is 0. The van der Waals surface area contributed by atoms with Gasteiger partial charge in [0.1, 0.15) is 0 Å². The summed E-state index contributed by atoms with van der Waals surface area (Å²) < 4.78 is 0. The third kappa shape index (κ3) is 3.16. The van der Waals surface area contributed by atoms with Crippen molar-refractivity contribution in [1.29, 1.82) is 0 Å². The molecule has 1 heterocycles. The van der Waals surface area contributed by atoms with Gasteiger partial charge in [-0.05, 0) is 50.8 Å². The van der Waals surface area contributed by atoms with E-state index < -0.39 is 0 Å². The topological polar surface area (TPSA) is 32.3 Å². The van der Waals surface area contributed by atoms with Crippen LogP contribution in [0.15, 0.2) is 30.3 Å². The van der Waals surface area contributed by atoms with Crippen molar-refractivity contribution in [2.45, 2.75) is 37.5 Å². The molecule has 1 saturated carbocycles. The predicted molar refractivity (Wildman–Crippen MR) is 92.4 cm³/mol. The Labute approximate surface area is 139 Å². The smallest absolute Gasteiger partial charge is 0.233 e. The van der Waals surface area contributed by atoms with E-state index in [1.54, 1.807) is 0 Å². The number of likely N-dealkylation sites (tertiary alicyclic amines) is 1. The minimum Gasteiger partial charge on any atom is -0.342 e. The van der Waals surface area contributed by atoms with E-state index in [4.69, 9.17) is 0 Å². The van der Waals surface area contributed by atoms with E-state index in [1.165, 1.54) is 12.0 Å². The molecule has 0 aromatic heterocycles. The Morgan fingerprint density at radius 1 is 1.23 bits per heavy atom. The third-order valence-corrected chi connectivity index (χ3v) is 5.34. The van der Waals surface area contributed by atoms with Crippen LogP contribution < -0.4 is 5.32 Å². The number of amides is 1. The number of halogens is 1. The lowest BCUT2D eigenvalue weighted by atomic mass is 9.63. The molecule has 3 nitrogen and oxygen atoms in total. The van der Waals surface area contributed by atoms with Crippen LogP contribution in [-0.2, 0) is 10.2 Å². The molecule has 2 fully saturated rings. The molecule has 1 aromatic rings. The Hall–Kier alpha value is -1.06. The quantitative estimate of drug-likeness (QED) is 0.924. The van der Waals surface area contributed by atoms with Crippen molar-refractivity contribution >= 4 is 18.3 Å². The number of benzene rings is 1. The third-order valence-electron chi connectivity index (χ3n) is 5.34. The number of hydrogen-bond donors (Lipinski definition) is 1. The van der Waals surface area contributed by atoms with Crippen LogP contribution in [0.2, 0.25) is 0 Å². The van der Waals surface area contributed by atoms with Gasteiger partial charge < -0.3 is 10.2 Å². The maximum Gasteiger partial charge on any atom is 0.233 e. The molecule has 122 valence electrons. The van der Waals surface area contributed by atoms with Gasteiger partial charge in [-0.2, -0.15) is 0 Å². The average Bonchev–Trinajstić information content (AvgIpc) is 2.48. The minimum atomic E-state index is -0.211. The summed E-state index contributed by atoms with van der Waals surface area (Å²) in [6.07, 6.45) is 5.49. The molecule has 0 unspecified atom stereocenters. The lowest BCUT2D eigenvalue weighted by Gasteiger charge is -2.45. The van der Waals surface area contributed by atoms with E-state index in [-0.39, 0.29) is 17.8 Å². The van der Waals surface area contributed by atoms with Crippen LogP contribution in [0.3, 0.4) is 0 Å². The zero-order valence-electron chi connectivity index (χ0n) is 13.4. The first-order valence-electron chi connectivity index (χ1n) is 8.26. The molecule has 1 aliphatic heterocycles. The van der Waals surface area contributed by atoms with Crippen molar-refractivity contribution in [2.75, 3.05) is 26.7 Å². The average molecular weight is 323 g/mol. The lowest BCUT2D eigenvalue weighted by Crippen LogP contribution is -2.53. The van der Waals surface area contributed by atoms with Gasteiger partial charge in [-0.3, -0.25) is 4.79 Å². The maximum atomic E-state index is 13.1. The highest BCUT2D eigenvalue weighted by Gasteiger charge is 2.47. The standard InChI is InChI=1S/C18H26N2O.ClH/c1-19-14-15-8-12-20(13-9-15)17(21)18(10-5-11-18)16-6-3-2-4-7-16;/h2-4,6-7,15,19H,5,8-14H2,1H3;1H. The van der Waals surface area contributed by atoms with Gasteiger partial charge in [-0.15, -0.1) is 12.4 Å². The van der Waals surface area contributed by atoms with E-state index in [1.807, 2.05) is 13.1 Å². The largest absolute Gasteiger partial charge is 0.342 e. The normalized spacial score (nSPS) is 20.9. The van der Waals surface area contributed by atoms with Crippen LogP contribution in [0, 0.1) is 5.92 Å². The summed E-state index contributed by atoms with van der Waals surface area (Å²) in [5.41, 5.74) is 1.01. The lowest BCUT2D eigenvalue weighted by molar-refractivity contribution is -0.142. The predicted octanol–water partition coefficient (Wildman–Crippen LogP) is 2.99. The molecule has 3 rings (SSSR count). The van der Waals surface area contributed by atoms with Crippen molar-refractivity contribution in [3.05, 3.63) is 35.9 Å². The van der Waals surface area contributed by atoms with E-state index in [2.05, 4.69) is 34.5 Å². The first kappa shape index (κ1) is 17.3. The minimum absolute atomic E-state index is 0. The Bertz CT molecular complexity index is 479. The van der Waals surface area contributed by atoms with Gasteiger partial charge in [0.15, 0.2) is 0 Å². The van der Waals surface area contributed by atoms with Crippen LogP contribution in [-0.4, -0.2) is 37.5 Å². The van der Waals surface area contributed by atoms with Crippen LogP contribution in [0.25, 0.3) is 0 Å². The summed E-state index contributed by atoms with van der Waals surface area (Å²) in [5.74, 6) is 1.11. The first-order valence-corrected chi connectivity index (χ1v) is 8.26. The second-order valence-corrected chi connectivity index (χ2v) is 6.59. The van der Waals surface area contributed by atoms with Gasteiger partial charge in [0.2, 0.25) is 5.91 Å². The van der Waals surface area contributed by atoms with Crippen LogP contribution in [0.4, 0.5) is 0 Å². The molecule has 1 amide bonds. The highest BCUT2D eigenvalue weighted by Crippen LogP contribution is 2.45. The zero-order valence-corrected chi connectivity index (χ0v) is 14.2. The molecule has 1 saturated heterocycles. The summed E-state index contributed by atoms with van der Waals surface area (Å²) in [5, 5.41) is 3.26. The van der Waals surface area contributed by atoms with E-state index in [9.17, 15) is 4.79 Å². The number of carbonyl (C=O) groups is 1. The Balaban J connectivity index is 0.00000176. The summed E-state index contributed by atoms with van der Waals surface area (Å²) in [6.45, 7) is 2.94. The molecule has 1 N–H and O–H groups in total. The number of nitrogens with zero attached hydrogens (tertiary/aromatic N) is 1. The molecule has 0 spiro atoms. The second-order valence-electron chi connectivity index (χ2n) is 6.59. The Kier molecular flexibility index (Phi) is 5.87. The van der Waals surface area contributed by atoms with Gasteiger partial charge >= 0.3 is 0 Å². The molecule has 4 heteroatoms. The molecular formula is C18H27ClN2O. The molecule has 0 bridgehead atoms. The van der Waals surface area contributed by atoms with Crippen molar-refractivity contribution < 1.29 is 4.79 Å². The van der Waals surface area contributed by atoms with E-state index in [0.29, 0.717) is 5.91 Å². The monoisotopic (exact) mass is 322 g/mol. The fraction of sp³-hybridized carbons (Fsp3) is 0.611. The number of piperidine rings is 1. The van der Waals surface area contributed by atoms with Gasteiger partial charge in [0, 0.05) is 13.1 Å². The maximum absolute atomic E-state index is 13.1. The Morgan fingerprint density at radius 2 is 1.86 bits per heavy atom. The Morgan fingerprint density at radius 3 is 2.36 bits per heavy atom. The molecular weight excluding hydrogens is 296 g/mol. The first-order chi connectivity index (χ1) is 10.3. The number of hydrogen-bond acceptors (Lipinski definition) is 2. The van der Waals surface area contributed by atoms with Crippen molar-refractivity contribution in [3.8, 4) is 0 Å². The van der Waals surface area contributed by atoms with Crippen LogP contribution >= 0.6 is 12.4 Å².